The molecular weight excluding hydrogens is 640 g/mol. The molecule has 0 spiro atoms. The molecule has 0 aliphatic carbocycles. The van der Waals surface area contributed by atoms with Crippen LogP contribution in [0.3, 0.4) is 0 Å². The van der Waals surface area contributed by atoms with Crippen molar-refractivity contribution in [3.05, 3.63) is 59.7 Å². The van der Waals surface area contributed by atoms with Gasteiger partial charge < -0.3 is 38.6 Å². The maximum absolute atomic E-state index is 11.9. The van der Waals surface area contributed by atoms with E-state index in [1.54, 1.807) is 52.0 Å². The second kappa shape index (κ2) is 23.2. The third kappa shape index (κ3) is 17.6. The molecule has 0 heterocycles. The molecule has 0 bridgehead atoms. The average Bonchev–Trinajstić information content (AvgIpc) is 3.04. The van der Waals surface area contributed by atoms with Crippen LogP contribution in [0.4, 0.5) is 0 Å². The maximum atomic E-state index is 11.9. The lowest BCUT2D eigenvalue weighted by atomic mass is 10.0. The summed E-state index contributed by atoms with van der Waals surface area (Å²) in [5, 5.41) is 21.0. The summed E-state index contributed by atoms with van der Waals surface area (Å²) in [6.45, 7) is 6.87. The van der Waals surface area contributed by atoms with Crippen LogP contribution in [0.1, 0.15) is 38.8 Å². The van der Waals surface area contributed by atoms with E-state index < -0.39 is 36.1 Å². The number of benzene rings is 2. The van der Waals surface area contributed by atoms with Crippen LogP contribution < -0.4 is 9.47 Å². The number of aliphatic hydroxyl groups excluding tert-OH is 2. The highest BCUT2D eigenvalue weighted by Crippen LogP contribution is 2.18. The first kappa shape index (κ1) is 40.9. The van der Waals surface area contributed by atoms with Crippen molar-refractivity contribution in [1.29, 1.82) is 0 Å². The summed E-state index contributed by atoms with van der Waals surface area (Å²) in [5.74, 6) is -0.911. The maximum Gasteiger partial charge on any atom is 0.320 e. The summed E-state index contributed by atoms with van der Waals surface area (Å²) in [6.07, 6.45) is -1.31. The molecule has 0 fully saturated rings. The lowest BCUT2D eigenvalue weighted by Gasteiger charge is -2.23. The van der Waals surface area contributed by atoms with Gasteiger partial charge in [-0.1, -0.05) is 24.3 Å². The number of hydrogen-bond acceptors (Lipinski definition) is 14. The first-order valence-electron chi connectivity index (χ1n) is 16.4. The molecule has 0 aliphatic rings. The minimum Gasteiger partial charge on any atom is -0.491 e. The monoisotopic (exact) mass is 690 g/mol. The molecule has 2 aromatic rings. The third-order valence-corrected chi connectivity index (χ3v) is 6.71. The number of nitrogens with zero attached hydrogens (tertiary/aromatic N) is 2. The lowest BCUT2D eigenvalue weighted by molar-refractivity contribution is -0.150. The van der Waals surface area contributed by atoms with Crippen LogP contribution in [-0.2, 0) is 44.5 Å². The fourth-order valence-electron chi connectivity index (χ4n) is 4.66. The minimum absolute atomic E-state index is 0.0117. The minimum atomic E-state index is -0.974. The summed E-state index contributed by atoms with van der Waals surface area (Å²) in [7, 11) is 0. The zero-order valence-electron chi connectivity index (χ0n) is 28.8. The Morgan fingerprint density at radius 1 is 0.531 bits per heavy atom. The Morgan fingerprint density at radius 2 is 0.816 bits per heavy atom. The molecule has 0 aliphatic heterocycles. The summed E-state index contributed by atoms with van der Waals surface area (Å²) < 4.78 is 31.3. The van der Waals surface area contributed by atoms with Gasteiger partial charge in [0.1, 0.15) is 36.9 Å². The van der Waals surface area contributed by atoms with Crippen LogP contribution in [0.2, 0.25) is 0 Å². The van der Waals surface area contributed by atoms with E-state index >= 15 is 0 Å². The van der Waals surface area contributed by atoms with Crippen LogP contribution in [0, 0.1) is 0 Å². The van der Waals surface area contributed by atoms with Crippen LogP contribution in [0.5, 0.6) is 11.5 Å². The highest BCUT2D eigenvalue weighted by Gasteiger charge is 2.21. The SMILES string of the molecule is CCOC(=O)CN(CC(=O)OCC)CC(O)COc1ccc(Cc2ccc(OCC(O)CN(CC(=O)OCC)CC(=O)OCC)cc2)cc1. The molecule has 14 heteroatoms. The fraction of sp³-hybridized carbons (Fsp3) is 0.543. The molecule has 49 heavy (non-hydrogen) atoms. The van der Waals surface area contributed by atoms with Crippen LogP contribution in [-0.4, -0.2) is 135 Å². The number of hydrogen-bond donors (Lipinski definition) is 2. The number of aliphatic hydroxyl groups is 2. The Kier molecular flexibility index (Phi) is 19.4. The highest BCUT2D eigenvalue weighted by atomic mass is 16.5. The predicted octanol–water partition coefficient (Wildman–Crippen LogP) is 1.61. The van der Waals surface area contributed by atoms with Crippen molar-refractivity contribution >= 4 is 23.9 Å². The van der Waals surface area contributed by atoms with Crippen molar-refractivity contribution in [2.24, 2.45) is 0 Å². The van der Waals surface area contributed by atoms with Crippen molar-refractivity contribution < 1.29 is 57.8 Å². The number of carbonyl (C=O) groups excluding carboxylic acids is 4. The number of ether oxygens (including phenoxy) is 6. The molecule has 0 aromatic heterocycles. The van der Waals surface area contributed by atoms with Crippen molar-refractivity contribution in [3.8, 4) is 11.5 Å². The normalized spacial score (nSPS) is 12.2. The van der Waals surface area contributed by atoms with Gasteiger partial charge >= 0.3 is 23.9 Å². The van der Waals surface area contributed by atoms with E-state index in [0.717, 1.165) is 11.1 Å². The largest absolute Gasteiger partial charge is 0.491 e. The van der Waals surface area contributed by atoms with Crippen molar-refractivity contribution in [2.45, 2.75) is 46.3 Å². The molecule has 2 N–H and O–H groups in total. The third-order valence-electron chi connectivity index (χ3n) is 6.71. The standard InChI is InChI=1S/C35H50N2O12/c1-5-44-32(40)20-36(21-33(41)45-6-2)18-28(38)24-48-30-13-9-26(10-14-30)17-27-11-15-31(16-12-27)49-25-29(39)19-37(22-34(42)46-7-3)23-35(43)47-8-4/h9-16,28-29,38-39H,5-8,17-25H2,1-4H3. The van der Waals surface area contributed by atoms with Gasteiger partial charge in [-0.05, 0) is 69.5 Å². The quantitative estimate of drug-likeness (QED) is 0.120. The molecule has 2 unspecified atom stereocenters. The van der Waals surface area contributed by atoms with Gasteiger partial charge in [0.15, 0.2) is 0 Å². The predicted molar refractivity (Wildman–Crippen MR) is 178 cm³/mol. The summed E-state index contributed by atoms with van der Waals surface area (Å²) >= 11 is 0. The Bertz CT molecular complexity index is 1130. The number of carbonyl (C=O) groups is 4. The fourth-order valence-corrected chi connectivity index (χ4v) is 4.66. The Balaban J connectivity index is 1.83. The van der Waals surface area contributed by atoms with Crippen molar-refractivity contribution in [3.63, 3.8) is 0 Å². The molecule has 0 saturated heterocycles. The smallest absolute Gasteiger partial charge is 0.320 e. The zero-order valence-corrected chi connectivity index (χ0v) is 28.8. The second-order valence-corrected chi connectivity index (χ2v) is 11.0. The van der Waals surface area contributed by atoms with E-state index in [9.17, 15) is 29.4 Å². The van der Waals surface area contributed by atoms with Gasteiger partial charge in [-0.3, -0.25) is 29.0 Å². The van der Waals surface area contributed by atoms with Crippen LogP contribution in [0.25, 0.3) is 0 Å². The van der Waals surface area contributed by atoms with Crippen molar-refractivity contribution in [2.75, 3.05) is 78.9 Å². The highest BCUT2D eigenvalue weighted by molar-refractivity contribution is 5.75. The molecule has 0 saturated carbocycles. The Labute approximate surface area is 287 Å². The number of esters is 4. The van der Waals surface area contributed by atoms with Gasteiger partial charge in [0.25, 0.3) is 0 Å². The van der Waals surface area contributed by atoms with E-state index in [2.05, 4.69) is 0 Å². The summed E-state index contributed by atoms with van der Waals surface area (Å²) in [4.78, 5) is 50.7. The van der Waals surface area contributed by atoms with E-state index in [0.29, 0.717) is 17.9 Å². The molecule has 2 atom stereocenters. The van der Waals surface area contributed by atoms with E-state index in [4.69, 9.17) is 28.4 Å². The molecule has 0 radical (unpaired) electrons. The van der Waals surface area contributed by atoms with Gasteiger partial charge in [-0.15, -0.1) is 0 Å². The van der Waals surface area contributed by atoms with Gasteiger partial charge in [-0.2, -0.15) is 0 Å². The molecule has 2 aromatic carbocycles. The first-order chi connectivity index (χ1) is 23.5. The van der Waals surface area contributed by atoms with Gasteiger partial charge in [0, 0.05) is 13.1 Å². The summed E-state index contributed by atoms with van der Waals surface area (Å²) in [5.41, 5.74) is 2.05. The van der Waals surface area contributed by atoms with E-state index in [1.165, 1.54) is 9.80 Å². The zero-order chi connectivity index (χ0) is 36.0. The first-order valence-corrected chi connectivity index (χ1v) is 16.4. The van der Waals surface area contributed by atoms with Gasteiger partial charge in [-0.25, -0.2) is 0 Å². The lowest BCUT2D eigenvalue weighted by Crippen LogP contribution is -2.42. The van der Waals surface area contributed by atoms with Crippen molar-refractivity contribution in [1.82, 2.24) is 9.80 Å². The van der Waals surface area contributed by atoms with E-state index in [1.807, 2.05) is 24.3 Å². The molecule has 14 nitrogen and oxygen atoms in total. The average molecular weight is 691 g/mol. The Hall–Kier alpha value is -4.24. The molecule has 0 amide bonds. The molecule has 272 valence electrons. The molecular formula is C35H50N2O12. The molecule has 2 rings (SSSR count). The van der Waals surface area contributed by atoms with E-state index in [-0.39, 0.29) is 78.9 Å². The topological polar surface area (TPSA) is 171 Å². The van der Waals surface area contributed by atoms with Crippen LogP contribution >= 0.6 is 0 Å². The van der Waals surface area contributed by atoms with Gasteiger partial charge in [0.2, 0.25) is 0 Å². The summed E-state index contributed by atoms with van der Waals surface area (Å²) in [6, 6.07) is 14.8. The van der Waals surface area contributed by atoms with Crippen LogP contribution in [0.15, 0.2) is 48.5 Å². The Morgan fingerprint density at radius 3 is 1.08 bits per heavy atom. The van der Waals surface area contributed by atoms with Gasteiger partial charge in [0.05, 0.1) is 52.6 Å². The second-order valence-electron chi connectivity index (χ2n) is 11.0. The number of rotatable bonds is 24.